The molecule has 0 amide bonds. The van der Waals surface area contributed by atoms with E-state index in [2.05, 4.69) is 10.1 Å². The SMILES string of the molecule is CCOC(=O)C(C)n1c(N)nc2c(CC)nn(C)c21. The number of esters is 1. The van der Waals surface area contributed by atoms with Gasteiger partial charge in [-0.1, -0.05) is 6.92 Å². The van der Waals surface area contributed by atoms with E-state index in [9.17, 15) is 4.79 Å². The van der Waals surface area contributed by atoms with Gasteiger partial charge in [-0.05, 0) is 20.3 Å². The van der Waals surface area contributed by atoms with Crippen molar-refractivity contribution in [3.8, 4) is 0 Å². The van der Waals surface area contributed by atoms with Crippen LogP contribution in [0, 0.1) is 0 Å². The predicted molar refractivity (Wildman–Crippen MR) is 71.6 cm³/mol. The molecule has 0 spiro atoms. The lowest BCUT2D eigenvalue weighted by atomic mass is 10.3. The molecule has 104 valence electrons. The summed E-state index contributed by atoms with van der Waals surface area (Å²) in [4.78, 5) is 16.2. The van der Waals surface area contributed by atoms with Crippen molar-refractivity contribution in [1.82, 2.24) is 19.3 Å². The molecule has 0 radical (unpaired) electrons. The van der Waals surface area contributed by atoms with Gasteiger partial charge in [-0.2, -0.15) is 5.10 Å². The molecule has 7 nitrogen and oxygen atoms in total. The van der Waals surface area contributed by atoms with Crippen molar-refractivity contribution in [3.05, 3.63) is 5.69 Å². The molecule has 1 atom stereocenters. The molecular weight excluding hydrogens is 246 g/mol. The normalized spacial score (nSPS) is 12.8. The van der Waals surface area contributed by atoms with Gasteiger partial charge in [0.05, 0.1) is 12.3 Å². The minimum atomic E-state index is -0.523. The number of aromatic nitrogens is 4. The average Bonchev–Trinajstić information content (AvgIpc) is 2.86. The summed E-state index contributed by atoms with van der Waals surface area (Å²) in [6.45, 7) is 5.86. The number of nitrogens with two attached hydrogens (primary N) is 1. The van der Waals surface area contributed by atoms with Gasteiger partial charge < -0.3 is 10.5 Å². The van der Waals surface area contributed by atoms with Crippen LogP contribution in [0.3, 0.4) is 0 Å². The molecule has 0 aliphatic heterocycles. The van der Waals surface area contributed by atoms with Crippen molar-refractivity contribution in [1.29, 1.82) is 0 Å². The third-order valence-corrected chi connectivity index (χ3v) is 3.11. The van der Waals surface area contributed by atoms with Crippen molar-refractivity contribution in [2.45, 2.75) is 33.2 Å². The second-order valence-corrected chi connectivity index (χ2v) is 4.36. The molecule has 2 heterocycles. The lowest BCUT2D eigenvalue weighted by molar-refractivity contribution is -0.146. The summed E-state index contributed by atoms with van der Waals surface area (Å²) < 4.78 is 8.40. The van der Waals surface area contributed by atoms with E-state index in [4.69, 9.17) is 10.5 Å². The van der Waals surface area contributed by atoms with E-state index in [0.717, 1.165) is 23.3 Å². The molecule has 2 rings (SSSR count). The van der Waals surface area contributed by atoms with Gasteiger partial charge >= 0.3 is 5.97 Å². The summed E-state index contributed by atoms with van der Waals surface area (Å²) in [5.41, 5.74) is 8.30. The van der Waals surface area contributed by atoms with Crippen LogP contribution < -0.4 is 5.73 Å². The van der Waals surface area contributed by atoms with Crippen LogP contribution in [-0.2, 0) is 23.0 Å². The Hall–Kier alpha value is -2.05. The number of carbonyl (C=O) groups excluding carboxylic acids is 1. The maximum absolute atomic E-state index is 11.9. The molecule has 0 fully saturated rings. The number of nitrogens with zero attached hydrogens (tertiary/aromatic N) is 4. The molecule has 2 aromatic rings. The highest BCUT2D eigenvalue weighted by atomic mass is 16.5. The smallest absolute Gasteiger partial charge is 0.329 e. The van der Waals surface area contributed by atoms with Crippen LogP contribution in [0.2, 0.25) is 0 Å². The second-order valence-electron chi connectivity index (χ2n) is 4.36. The largest absolute Gasteiger partial charge is 0.464 e. The van der Waals surface area contributed by atoms with E-state index in [1.165, 1.54) is 0 Å². The molecule has 0 bridgehead atoms. The minimum Gasteiger partial charge on any atom is -0.464 e. The molecular formula is C12H19N5O2. The molecule has 0 saturated heterocycles. The van der Waals surface area contributed by atoms with Gasteiger partial charge in [0.2, 0.25) is 5.95 Å². The molecule has 0 saturated carbocycles. The zero-order valence-electron chi connectivity index (χ0n) is 11.7. The fourth-order valence-electron chi connectivity index (χ4n) is 2.21. The Kier molecular flexibility index (Phi) is 3.46. The fourth-order valence-corrected chi connectivity index (χ4v) is 2.21. The molecule has 19 heavy (non-hydrogen) atoms. The number of nitrogen functional groups attached to an aromatic ring is 1. The van der Waals surface area contributed by atoms with Gasteiger partial charge in [-0.3, -0.25) is 9.25 Å². The molecule has 0 aliphatic rings. The Bertz CT molecular complexity index is 613. The Morgan fingerprint density at radius 2 is 2.16 bits per heavy atom. The summed E-state index contributed by atoms with van der Waals surface area (Å²) in [5, 5.41) is 4.38. The summed E-state index contributed by atoms with van der Waals surface area (Å²) in [6, 6.07) is -0.523. The first-order valence-corrected chi connectivity index (χ1v) is 6.37. The highest BCUT2D eigenvalue weighted by molar-refractivity contribution is 5.82. The Morgan fingerprint density at radius 3 is 2.74 bits per heavy atom. The number of hydrogen-bond acceptors (Lipinski definition) is 5. The molecule has 7 heteroatoms. The van der Waals surface area contributed by atoms with Gasteiger partial charge in [0.1, 0.15) is 11.6 Å². The van der Waals surface area contributed by atoms with E-state index >= 15 is 0 Å². The molecule has 2 aromatic heterocycles. The van der Waals surface area contributed by atoms with Crippen molar-refractivity contribution in [2.24, 2.45) is 7.05 Å². The van der Waals surface area contributed by atoms with Crippen LogP contribution in [-0.4, -0.2) is 31.9 Å². The number of imidazole rings is 1. The van der Waals surface area contributed by atoms with Crippen molar-refractivity contribution in [2.75, 3.05) is 12.3 Å². The van der Waals surface area contributed by atoms with E-state index < -0.39 is 6.04 Å². The number of anilines is 1. The molecule has 2 N–H and O–H groups in total. The van der Waals surface area contributed by atoms with Crippen LogP contribution in [0.1, 0.15) is 32.5 Å². The van der Waals surface area contributed by atoms with E-state index in [1.54, 1.807) is 23.1 Å². The van der Waals surface area contributed by atoms with Crippen LogP contribution in [0.4, 0.5) is 5.95 Å². The zero-order chi connectivity index (χ0) is 14.2. The highest BCUT2D eigenvalue weighted by Crippen LogP contribution is 2.25. The van der Waals surface area contributed by atoms with Crippen molar-refractivity contribution >= 4 is 23.1 Å². The first-order chi connectivity index (χ1) is 9.01. The first kappa shape index (κ1) is 13.4. The molecule has 0 aromatic carbocycles. The lowest BCUT2D eigenvalue weighted by Crippen LogP contribution is -2.21. The van der Waals surface area contributed by atoms with Gasteiger partial charge in [-0.25, -0.2) is 9.78 Å². The minimum absolute atomic E-state index is 0.304. The Balaban J connectivity index is 2.57. The number of ether oxygens (including phenoxy) is 1. The number of hydrogen-bond donors (Lipinski definition) is 1. The predicted octanol–water partition coefficient (Wildman–Crippen LogP) is 1.04. The third-order valence-electron chi connectivity index (χ3n) is 3.11. The van der Waals surface area contributed by atoms with E-state index in [-0.39, 0.29) is 5.97 Å². The van der Waals surface area contributed by atoms with Gasteiger partial charge in [0, 0.05) is 7.05 Å². The summed E-state index contributed by atoms with van der Waals surface area (Å²) in [6.07, 6.45) is 0.765. The van der Waals surface area contributed by atoms with Gasteiger partial charge in [-0.15, -0.1) is 0 Å². The number of rotatable bonds is 4. The standard InChI is InChI=1S/C12H19N5O2/c1-5-8-9-10(16(4)15-8)17(12(13)14-9)7(3)11(18)19-6-2/h7H,5-6H2,1-4H3,(H2,13,14). The average molecular weight is 265 g/mol. The topological polar surface area (TPSA) is 88.0 Å². The lowest BCUT2D eigenvalue weighted by Gasteiger charge is -2.14. The van der Waals surface area contributed by atoms with Crippen LogP contribution >= 0.6 is 0 Å². The van der Waals surface area contributed by atoms with E-state index in [0.29, 0.717) is 12.6 Å². The van der Waals surface area contributed by atoms with Crippen LogP contribution in [0.15, 0.2) is 0 Å². The monoisotopic (exact) mass is 265 g/mol. The van der Waals surface area contributed by atoms with Gasteiger partial charge in [0.25, 0.3) is 0 Å². The van der Waals surface area contributed by atoms with Crippen molar-refractivity contribution in [3.63, 3.8) is 0 Å². The third kappa shape index (κ3) is 2.05. The van der Waals surface area contributed by atoms with E-state index in [1.807, 2.05) is 14.0 Å². The quantitative estimate of drug-likeness (QED) is 0.834. The number of fused-ring (bicyclic) bond motifs is 1. The van der Waals surface area contributed by atoms with Crippen molar-refractivity contribution < 1.29 is 9.53 Å². The van der Waals surface area contributed by atoms with Crippen LogP contribution in [0.25, 0.3) is 11.2 Å². The Morgan fingerprint density at radius 1 is 1.47 bits per heavy atom. The second kappa shape index (κ2) is 4.91. The maximum Gasteiger partial charge on any atom is 0.329 e. The van der Waals surface area contributed by atoms with Crippen LogP contribution in [0.5, 0.6) is 0 Å². The summed E-state index contributed by atoms with van der Waals surface area (Å²) in [5.74, 6) is -0.0222. The molecule has 1 unspecified atom stereocenters. The number of carbonyl (C=O) groups is 1. The Labute approximate surface area is 111 Å². The first-order valence-electron chi connectivity index (χ1n) is 6.37. The summed E-state index contributed by atoms with van der Waals surface area (Å²) >= 11 is 0. The maximum atomic E-state index is 11.9. The summed E-state index contributed by atoms with van der Waals surface area (Å²) in [7, 11) is 1.82. The number of aryl methyl sites for hydroxylation is 2. The van der Waals surface area contributed by atoms with Gasteiger partial charge in [0.15, 0.2) is 5.65 Å². The zero-order valence-corrected chi connectivity index (χ0v) is 11.7. The fraction of sp³-hybridized carbons (Fsp3) is 0.583. The highest BCUT2D eigenvalue weighted by Gasteiger charge is 2.25. The molecule has 0 aliphatic carbocycles.